The number of carbonyl (C=O) groups is 2. The Morgan fingerprint density at radius 2 is 1.80 bits per heavy atom. The van der Waals surface area contributed by atoms with Crippen LogP contribution in [0.4, 0.5) is 5.69 Å². The summed E-state index contributed by atoms with van der Waals surface area (Å²) in [6.07, 6.45) is 1.16. The molecule has 35 heavy (non-hydrogen) atoms. The molecule has 2 aliphatic rings. The van der Waals surface area contributed by atoms with Gasteiger partial charge in [-0.2, -0.15) is 0 Å². The van der Waals surface area contributed by atoms with E-state index in [-0.39, 0.29) is 24.5 Å². The van der Waals surface area contributed by atoms with Crippen LogP contribution in [-0.4, -0.2) is 36.0 Å². The molecule has 0 aromatic heterocycles. The zero-order valence-corrected chi connectivity index (χ0v) is 20.0. The first kappa shape index (κ1) is 22.8. The smallest absolute Gasteiger partial charge is 0.255 e. The van der Waals surface area contributed by atoms with Crippen LogP contribution in [0.5, 0.6) is 11.5 Å². The Kier molecular flexibility index (Phi) is 6.36. The number of benzene rings is 3. The third-order valence-corrected chi connectivity index (χ3v) is 6.58. The number of methoxy groups -OCH3 is 1. The molecule has 1 unspecified atom stereocenters. The number of amides is 1. The first-order valence-electron chi connectivity index (χ1n) is 11.9. The second-order valence-corrected chi connectivity index (χ2v) is 8.85. The maximum atomic E-state index is 13.3. The number of Topliss-reactive ketones (excluding diaryl/α,β-unsaturated/α-hetero) is 1. The fourth-order valence-electron chi connectivity index (χ4n) is 4.92. The highest BCUT2D eigenvalue weighted by Crippen LogP contribution is 2.38. The Bertz CT molecular complexity index is 1310. The first-order valence-corrected chi connectivity index (χ1v) is 11.9. The van der Waals surface area contributed by atoms with Crippen molar-refractivity contribution in [3.05, 3.63) is 89.0 Å². The monoisotopic (exact) mass is 468 g/mol. The third-order valence-electron chi connectivity index (χ3n) is 6.58. The predicted octanol–water partition coefficient (Wildman–Crippen LogP) is 5.47. The minimum absolute atomic E-state index is 0.0539. The second-order valence-electron chi connectivity index (χ2n) is 8.85. The van der Waals surface area contributed by atoms with Crippen LogP contribution < -0.4 is 9.47 Å². The number of carbonyl (C=O) groups excluding carboxylic acids is 2. The van der Waals surface area contributed by atoms with E-state index in [4.69, 9.17) is 9.47 Å². The molecule has 0 saturated heterocycles. The Labute approximate surface area is 205 Å². The predicted molar refractivity (Wildman–Crippen MR) is 135 cm³/mol. The molecular formula is C29H28N2O4. The summed E-state index contributed by atoms with van der Waals surface area (Å²) in [5, 5.41) is 0. The van der Waals surface area contributed by atoms with Crippen LogP contribution in [0, 0.1) is 0 Å². The standard InChI is InChI=1S/C29H28N2O4/c1-3-35-27-13-12-20(15-28(27)34-2)26(31-18-21-9-4-6-10-24(21)29(31)33)17-23(32)16-22-14-19-8-5-7-11-25(19)30-22/h4-13,15,26H,3,14,16-18H2,1-2H3. The van der Waals surface area contributed by atoms with Gasteiger partial charge in [0.15, 0.2) is 11.5 Å². The van der Waals surface area contributed by atoms with Gasteiger partial charge in [-0.05, 0) is 47.9 Å². The molecule has 3 aromatic carbocycles. The van der Waals surface area contributed by atoms with Crippen molar-refractivity contribution in [2.75, 3.05) is 13.7 Å². The van der Waals surface area contributed by atoms with Gasteiger partial charge in [-0.25, -0.2) is 0 Å². The first-order chi connectivity index (χ1) is 17.1. The quantitative estimate of drug-likeness (QED) is 0.418. The van der Waals surface area contributed by atoms with Gasteiger partial charge in [-0.15, -0.1) is 0 Å². The van der Waals surface area contributed by atoms with Crippen molar-refractivity contribution < 1.29 is 19.1 Å². The van der Waals surface area contributed by atoms with Gasteiger partial charge in [0.1, 0.15) is 5.78 Å². The lowest BCUT2D eigenvalue weighted by Gasteiger charge is -2.28. The number of nitrogens with zero attached hydrogens (tertiary/aromatic N) is 2. The van der Waals surface area contributed by atoms with Gasteiger partial charge in [-0.1, -0.05) is 42.5 Å². The third kappa shape index (κ3) is 4.56. The zero-order valence-electron chi connectivity index (χ0n) is 20.0. The Morgan fingerprint density at radius 3 is 2.54 bits per heavy atom. The van der Waals surface area contributed by atoms with E-state index in [2.05, 4.69) is 4.99 Å². The van der Waals surface area contributed by atoms with Crippen molar-refractivity contribution in [1.82, 2.24) is 4.90 Å². The molecule has 2 heterocycles. The molecule has 0 bridgehead atoms. The van der Waals surface area contributed by atoms with E-state index in [1.54, 1.807) is 12.0 Å². The van der Waals surface area contributed by atoms with Gasteiger partial charge in [-0.3, -0.25) is 14.6 Å². The largest absolute Gasteiger partial charge is 0.493 e. The lowest BCUT2D eigenvalue weighted by molar-refractivity contribution is -0.119. The lowest BCUT2D eigenvalue weighted by atomic mass is 9.96. The highest BCUT2D eigenvalue weighted by Gasteiger charge is 2.35. The van der Waals surface area contributed by atoms with Crippen LogP contribution in [0.25, 0.3) is 0 Å². The molecule has 1 amide bonds. The summed E-state index contributed by atoms with van der Waals surface area (Å²) in [7, 11) is 1.59. The van der Waals surface area contributed by atoms with Crippen LogP contribution in [-0.2, 0) is 17.8 Å². The molecule has 6 nitrogen and oxygen atoms in total. The summed E-state index contributed by atoms with van der Waals surface area (Å²) in [5.74, 6) is 1.22. The van der Waals surface area contributed by atoms with Crippen molar-refractivity contribution >= 4 is 23.1 Å². The van der Waals surface area contributed by atoms with Gasteiger partial charge in [0, 0.05) is 37.1 Å². The molecule has 5 rings (SSSR count). The number of rotatable bonds is 9. The van der Waals surface area contributed by atoms with Crippen molar-refractivity contribution in [1.29, 1.82) is 0 Å². The molecule has 1 atom stereocenters. The fourth-order valence-corrected chi connectivity index (χ4v) is 4.92. The van der Waals surface area contributed by atoms with Gasteiger partial charge >= 0.3 is 0 Å². The van der Waals surface area contributed by atoms with E-state index < -0.39 is 6.04 Å². The van der Waals surface area contributed by atoms with Gasteiger partial charge in [0.25, 0.3) is 5.91 Å². The number of ketones is 1. The van der Waals surface area contributed by atoms with Crippen molar-refractivity contribution in [3.63, 3.8) is 0 Å². The van der Waals surface area contributed by atoms with E-state index >= 15 is 0 Å². The summed E-state index contributed by atoms with van der Waals surface area (Å²) in [6.45, 7) is 2.90. The highest BCUT2D eigenvalue weighted by molar-refractivity contribution is 6.06. The van der Waals surface area contributed by atoms with Crippen LogP contribution in [0.1, 0.15) is 52.9 Å². The minimum Gasteiger partial charge on any atom is -0.493 e. The Hall–Kier alpha value is -3.93. The molecule has 2 aliphatic heterocycles. The van der Waals surface area contributed by atoms with Crippen molar-refractivity contribution in [2.45, 2.75) is 38.8 Å². The topological polar surface area (TPSA) is 68.2 Å². The second kappa shape index (κ2) is 9.74. The number of hydrogen-bond acceptors (Lipinski definition) is 5. The zero-order chi connectivity index (χ0) is 24.4. The number of para-hydroxylation sites is 1. The molecule has 0 aliphatic carbocycles. The summed E-state index contributed by atoms with van der Waals surface area (Å²) in [6, 6.07) is 20.8. The van der Waals surface area contributed by atoms with E-state index in [0.717, 1.165) is 28.1 Å². The molecule has 0 spiro atoms. The normalized spacial score (nSPS) is 14.9. The fraction of sp³-hybridized carbons (Fsp3) is 0.276. The molecular weight excluding hydrogens is 440 g/mol. The molecule has 0 fully saturated rings. The molecule has 3 aromatic rings. The Morgan fingerprint density at radius 1 is 1.03 bits per heavy atom. The van der Waals surface area contributed by atoms with Gasteiger partial charge < -0.3 is 14.4 Å². The number of fused-ring (bicyclic) bond motifs is 2. The van der Waals surface area contributed by atoms with Crippen LogP contribution in [0.3, 0.4) is 0 Å². The molecule has 0 N–H and O–H groups in total. The highest BCUT2D eigenvalue weighted by atomic mass is 16.5. The number of hydrogen-bond donors (Lipinski definition) is 0. The molecule has 0 saturated carbocycles. The van der Waals surface area contributed by atoms with Gasteiger partial charge in [0.05, 0.1) is 25.4 Å². The average molecular weight is 469 g/mol. The maximum absolute atomic E-state index is 13.3. The summed E-state index contributed by atoms with van der Waals surface area (Å²) >= 11 is 0. The minimum atomic E-state index is -0.420. The number of aliphatic imine (C=N–C) groups is 1. The SMILES string of the molecule is CCOc1ccc(C(CC(=O)CC2=Nc3ccccc3C2)N2Cc3ccccc3C2=O)cc1OC. The lowest BCUT2D eigenvalue weighted by Crippen LogP contribution is -2.31. The molecule has 178 valence electrons. The van der Waals surface area contributed by atoms with E-state index in [1.165, 1.54) is 0 Å². The Balaban J connectivity index is 1.42. The van der Waals surface area contributed by atoms with Crippen molar-refractivity contribution in [2.24, 2.45) is 4.99 Å². The maximum Gasteiger partial charge on any atom is 0.255 e. The number of ether oxygens (including phenoxy) is 2. The van der Waals surface area contributed by atoms with E-state index in [9.17, 15) is 9.59 Å². The van der Waals surface area contributed by atoms with Crippen LogP contribution in [0.2, 0.25) is 0 Å². The van der Waals surface area contributed by atoms with E-state index in [1.807, 2.05) is 73.7 Å². The summed E-state index contributed by atoms with van der Waals surface area (Å²) in [4.78, 5) is 33.1. The molecule has 6 heteroatoms. The summed E-state index contributed by atoms with van der Waals surface area (Å²) in [5.41, 5.74) is 5.47. The molecule has 0 radical (unpaired) electrons. The van der Waals surface area contributed by atoms with Gasteiger partial charge in [0.2, 0.25) is 0 Å². The average Bonchev–Trinajstić information content (AvgIpc) is 3.43. The van der Waals surface area contributed by atoms with Crippen molar-refractivity contribution in [3.8, 4) is 11.5 Å². The van der Waals surface area contributed by atoms with E-state index in [0.29, 0.717) is 36.6 Å². The van der Waals surface area contributed by atoms with Crippen LogP contribution in [0.15, 0.2) is 71.7 Å². The summed E-state index contributed by atoms with van der Waals surface area (Å²) < 4.78 is 11.2. The van der Waals surface area contributed by atoms with Crippen LogP contribution >= 0.6 is 0 Å².